The first-order chi connectivity index (χ1) is 12.8. The molecule has 0 amide bonds. The summed E-state index contributed by atoms with van der Waals surface area (Å²) in [4.78, 5) is 0. The van der Waals surface area contributed by atoms with Gasteiger partial charge in [-0.3, -0.25) is 0 Å². The Hall–Kier alpha value is -3.07. The van der Waals surface area contributed by atoms with E-state index in [1.54, 1.807) is 9.36 Å². The van der Waals surface area contributed by atoms with E-state index >= 15 is 0 Å². The van der Waals surface area contributed by atoms with Gasteiger partial charge in [0, 0.05) is 0 Å². The molecule has 26 heavy (non-hydrogen) atoms. The minimum atomic E-state index is -0.0225. The van der Waals surface area contributed by atoms with Crippen LogP contribution in [0.4, 0.5) is 0 Å². The lowest BCUT2D eigenvalue weighted by Crippen LogP contribution is -2.07. The highest BCUT2D eigenvalue weighted by Gasteiger charge is 2.20. The second-order valence-corrected chi connectivity index (χ2v) is 6.96. The Balaban J connectivity index is 1.54. The van der Waals surface area contributed by atoms with E-state index in [0.717, 1.165) is 22.2 Å². The molecule has 0 aliphatic heterocycles. The zero-order valence-corrected chi connectivity index (χ0v) is 14.9. The highest BCUT2D eigenvalue weighted by Crippen LogP contribution is 2.32. The van der Waals surface area contributed by atoms with E-state index in [0.29, 0.717) is 6.54 Å². The van der Waals surface area contributed by atoms with E-state index in [2.05, 4.69) is 43.2 Å². The summed E-state index contributed by atoms with van der Waals surface area (Å²) in [6, 6.07) is 19.9. The molecule has 0 aliphatic carbocycles. The van der Waals surface area contributed by atoms with Crippen molar-refractivity contribution in [1.82, 2.24) is 40.4 Å². The number of hydrogen-bond acceptors (Lipinski definition) is 7. The second-order valence-electron chi connectivity index (χ2n) is 5.65. The molecule has 9 heteroatoms. The molecule has 4 aromatic rings. The minimum Gasteiger partial charge on any atom is -0.216 e. The van der Waals surface area contributed by atoms with Crippen molar-refractivity contribution >= 4 is 11.8 Å². The van der Waals surface area contributed by atoms with E-state index in [1.807, 2.05) is 55.5 Å². The molecule has 0 fully saturated rings. The molecule has 0 aliphatic rings. The van der Waals surface area contributed by atoms with Gasteiger partial charge in [-0.15, -0.1) is 10.2 Å². The SMILES string of the molecule is CC(Sc1nnnn1Cc1ccccc1)c1nnnn1-c1ccccc1. The van der Waals surface area contributed by atoms with Crippen LogP contribution in [0.5, 0.6) is 0 Å². The van der Waals surface area contributed by atoms with Gasteiger partial charge in [0.2, 0.25) is 5.16 Å². The average molecular weight is 364 g/mol. The molecule has 0 saturated heterocycles. The Morgan fingerprint density at radius 3 is 2.35 bits per heavy atom. The number of para-hydroxylation sites is 1. The molecule has 2 aromatic carbocycles. The maximum absolute atomic E-state index is 4.19. The molecule has 130 valence electrons. The lowest BCUT2D eigenvalue weighted by atomic mass is 10.2. The monoisotopic (exact) mass is 364 g/mol. The normalized spacial score (nSPS) is 12.2. The zero-order valence-electron chi connectivity index (χ0n) is 14.0. The first-order valence-corrected chi connectivity index (χ1v) is 8.99. The van der Waals surface area contributed by atoms with Crippen molar-refractivity contribution in [3.8, 4) is 5.69 Å². The van der Waals surface area contributed by atoms with Crippen LogP contribution in [-0.2, 0) is 6.54 Å². The van der Waals surface area contributed by atoms with Crippen LogP contribution in [0.1, 0.15) is 23.6 Å². The van der Waals surface area contributed by atoms with Crippen LogP contribution >= 0.6 is 11.8 Å². The van der Waals surface area contributed by atoms with Crippen LogP contribution in [0, 0.1) is 0 Å². The third-order valence-corrected chi connectivity index (χ3v) is 4.88. The van der Waals surface area contributed by atoms with Gasteiger partial charge < -0.3 is 0 Å². The van der Waals surface area contributed by atoms with Crippen LogP contribution in [-0.4, -0.2) is 40.4 Å². The van der Waals surface area contributed by atoms with E-state index in [4.69, 9.17) is 0 Å². The molecule has 0 radical (unpaired) electrons. The smallest absolute Gasteiger partial charge is 0.210 e. The largest absolute Gasteiger partial charge is 0.216 e. The van der Waals surface area contributed by atoms with Crippen molar-refractivity contribution in [2.24, 2.45) is 0 Å². The molecule has 0 spiro atoms. The summed E-state index contributed by atoms with van der Waals surface area (Å²) in [6.45, 7) is 2.66. The van der Waals surface area contributed by atoms with E-state index in [-0.39, 0.29) is 5.25 Å². The van der Waals surface area contributed by atoms with Gasteiger partial charge in [-0.05, 0) is 45.5 Å². The summed E-state index contributed by atoms with van der Waals surface area (Å²) in [5.74, 6) is 0.746. The molecule has 0 N–H and O–H groups in total. The zero-order chi connectivity index (χ0) is 17.8. The standard InChI is InChI=1S/C17H16N8S/c1-13(16-18-20-23-25(16)15-10-6-3-7-11-15)26-17-19-21-22-24(17)12-14-8-4-2-5-9-14/h2-11,13H,12H2,1H3. The number of aromatic nitrogens is 8. The third kappa shape index (κ3) is 3.47. The van der Waals surface area contributed by atoms with Gasteiger partial charge in [0.25, 0.3) is 0 Å². The molecular formula is C17H16N8S. The Kier molecular flexibility index (Phi) is 4.69. The van der Waals surface area contributed by atoms with Crippen molar-refractivity contribution in [3.63, 3.8) is 0 Å². The fraction of sp³-hybridized carbons (Fsp3) is 0.176. The summed E-state index contributed by atoms with van der Waals surface area (Å²) < 4.78 is 3.52. The molecule has 4 rings (SSSR count). The summed E-state index contributed by atoms with van der Waals surface area (Å²) in [7, 11) is 0. The minimum absolute atomic E-state index is 0.0225. The van der Waals surface area contributed by atoms with Crippen LogP contribution in [0.2, 0.25) is 0 Å². The molecule has 1 unspecified atom stereocenters. The van der Waals surface area contributed by atoms with Crippen molar-refractivity contribution < 1.29 is 0 Å². The van der Waals surface area contributed by atoms with Gasteiger partial charge in [0.15, 0.2) is 5.82 Å². The lowest BCUT2D eigenvalue weighted by molar-refractivity contribution is 0.601. The van der Waals surface area contributed by atoms with Crippen molar-refractivity contribution in [2.45, 2.75) is 23.9 Å². The number of nitrogens with zero attached hydrogens (tertiary/aromatic N) is 8. The topological polar surface area (TPSA) is 87.2 Å². The van der Waals surface area contributed by atoms with E-state index < -0.39 is 0 Å². The molecule has 2 aromatic heterocycles. The van der Waals surface area contributed by atoms with Crippen LogP contribution in [0.25, 0.3) is 5.69 Å². The fourth-order valence-corrected chi connectivity index (χ4v) is 3.42. The molecule has 8 nitrogen and oxygen atoms in total. The van der Waals surface area contributed by atoms with Gasteiger partial charge in [-0.25, -0.2) is 4.68 Å². The van der Waals surface area contributed by atoms with Crippen molar-refractivity contribution in [1.29, 1.82) is 0 Å². The number of rotatable bonds is 6. The third-order valence-electron chi connectivity index (χ3n) is 3.81. The van der Waals surface area contributed by atoms with Crippen LogP contribution in [0.15, 0.2) is 65.8 Å². The number of hydrogen-bond donors (Lipinski definition) is 0. The summed E-state index contributed by atoms with van der Waals surface area (Å²) in [5.41, 5.74) is 2.06. The van der Waals surface area contributed by atoms with Crippen molar-refractivity contribution in [3.05, 3.63) is 72.1 Å². The fourth-order valence-electron chi connectivity index (χ4n) is 2.55. The number of tetrazole rings is 2. The maximum Gasteiger partial charge on any atom is 0.210 e. The Morgan fingerprint density at radius 2 is 1.58 bits per heavy atom. The van der Waals surface area contributed by atoms with Gasteiger partial charge in [0.05, 0.1) is 17.5 Å². The number of benzene rings is 2. The van der Waals surface area contributed by atoms with Crippen molar-refractivity contribution in [2.75, 3.05) is 0 Å². The molecule has 0 saturated carbocycles. The van der Waals surface area contributed by atoms with E-state index in [9.17, 15) is 0 Å². The van der Waals surface area contributed by atoms with Crippen LogP contribution < -0.4 is 0 Å². The summed E-state index contributed by atoms with van der Waals surface area (Å²) in [5, 5.41) is 24.9. The number of thioether (sulfide) groups is 1. The first-order valence-electron chi connectivity index (χ1n) is 8.12. The summed E-state index contributed by atoms with van der Waals surface area (Å²) in [6.07, 6.45) is 0. The Bertz CT molecular complexity index is 967. The van der Waals surface area contributed by atoms with Crippen LogP contribution in [0.3, 0.4) is 0 Å². The van der Waals surface area contributed by atoms with Gasteiger partial charge in [-0.2, -0.15) is 4.68 Å². The predicted octanol–water partition coefficient (Wildman–Crippen LogP) is 2.55. The molecule has 2 heterocycles. The molecule has 1 atom stereocenters. The lowest BCUT2D eigenvalue weighted by Gasteiger charge is -2.11. The summed E-state index contributed by atoms with van der Waals surface area (Å²) >= 11 is 1.53. The first kappa shape index (κ1) is 16.4. The van der Waals surface area contributed by atoms with E-state index in [1.165, 1.54) is 11.8 Å². The average Bonchev–Trinajstić information content (AvgIpc) is 3.33. The highest BCUT2D eigenvalue weighted by atomic mass is 32.2. The Labute approximate surface area is 154 Å². The quantitative estimate of drug-likeness (QED) is 0.486. The second kappa shape index (κ2) is 7.44. The molecular weight excluding hydrogens is 348 g/mol. The highest BCUT2D eigenvalue weighted by molar-refractivity contribution is 7.99. The Morgan fingerprint density at radius 1 is 0.885 bits per heavy atom. The predicted molar refractivity (Wildman–Crippen MR) is 96.8 cm³/mol. The maximum atomic E-state index is 4.19. The van der Waals surface area contributed by atoms with Gasteiger partial charge >= 0.3 is 0 Å². The van der Waals surface area contributed by atoms with Gasteiger partial charge in [-0.1, -0.05) is 60.3 Å². The van der Waals surface area contributed by atoms with Gasteiger partial charge in [0.1, 0.15) is 0 Å². The molecule has 0 bridgehead atoms.